The summed E-state index contributed by atoms with van der Waals surface area (Å²) in [6.07, 6.45) is 0.0453. The van der Waals surface area contributed by atoms with Gasteiger partial charge < -0.3 is 14.4 Å². The Balaban J connectivity index is 2.42. The van der Waals surface area contributed by atoms with E-state index >= 15 is 0 Å². The maximum absolute atomic E-state index is 11.9. The summed E-state index contributed by atoms with van der Waals surface area (Å²) in [5.74, 6) is -0.583. The molecule has 1 aliphatic heterocycles. The number of esters is 1. The standard InChI is InChI=1S/C14H18N2O5/c1-9-7-15(8-10(2)21-9)13-5-4-11(16(18)19)6-12(13)14(17)20-3/h4-6,9-10H,7-8H2,1-3H3/t9-,10-/m0/s1. The SMILES string of the molecule is COC(=O)c1cc([N+](=O)[O-])ccc1N1C[C@H](C)O[C@@H](C)C1. The quantitative estimate of drug-likeness (QED) is 0.482. The van der Waals surface area contributed by atoms with Crippen LogP contribution in [0.2, 0.25) is 0 Å². The van der Waals surface area contributed by atoms with E-state index in [2.05, 4.69) is 0 Å². The molecule has 1 saturated heterocycles. The van der Waals surface area contributed by atoms with Crippen LogP contribution in [0.15, 0.2) is 18.2 Å². The van der Waals surface area contributed by atoms with E-state index in [1.807, 2.05) is 18.7 Å². The van der Waals surface area contributed by atoms with Gasteiger partial charge in [0.25, 0.3) is 5.69 Å². The highest BCUT2D eigenvalue weighted by molar-refractivity contribution is 5.96. The molecule has 114 valence electrons. The zero-order valence-corrected chi connectivity index (χ0v) is 12.2. The van der Waals surface area contributed by atoms with Gasteiger partial charge in [0, 0.05) is 25.2 Å². The molecule has 0 amide bonds. The Bertz CT molecular complexity index is 550. The molecular formula is C14H18N2O5. The number of rotatable bonds is 3. The van der Waals surface area contributed by atoms with Crippen molar-refractivity contribution in [1.29, 1.82) is 0 Å². The van der Waals surface area contributed by atoms with Gasteiger partial charge in [-0.1, -0.05) is 0 Å². The van der Waals surface area contributed by atoms with E-state index in [1.54, 1.807) is 6.07 Å². The molecule has 7 nitrogen and oxygen atoms in total. The molecule has 1 aliphatic rings. The van der Waals surface area contributed by atoms with Gasteiger partial charge in [-0.3, -0.25) is 10.1 Å². The average Bonchev–Trinajstić information content (AvgIpc) is 2.44. The average molecular weight is 294 g/mol. The number of anilines is 1. The Morgan fingerprint density at radius 1 is 1.38 bits per heavy atom. The number of methoxy groups -OCH3 is 1. The largest absolute Gasteiger partial charge is 0.465 e. The van der Waals surface area contributed by atoms with E-state index in [0.717, 1.165) is 0 Å². The normalized spacial score (nSPS) is 22.0. The van der Waals surface area contributed by atoms with Gasteiger partial charge in [0.1, 0.15) is 0 Å². The van der Waals surface area contributed by atoms with Crippen LogP contribution in [0.4, 0.5) is 11.4 Å². The third kappa shape index (κ3) is 3.30. The van der Waals surface area contributed by atoms with Crippen molar-refractivity contribution in [3.63, 3.8) is 0 Å². The fourth-order valence-corrected chi connectivity index (χ4v) is 2.56. The van der Waals surface area contributed by atoms with E-state index in [1.165, 1.54) is 19.2 Å². The lowest BCUT2D eigenvalue weighted by atomic mass is 10.1. The third-order valence-corrected chi connectivity index (χ3v) is 3.36. The van der Waals surface area contributed by atoms with Crippen molar-refractivity contribution in [3.05, 3.63) is 33.9 Å². The number of hydrogen-bond donors (Lipinski definition) is 0. The molecule has 2 atom stereocenters. The van der Waals surface area contributed by atoms with Gasteiger partial charge in [-0.05, 0) is 19.9 Å². The van der Waals surface area contributed by atoms with E-state index in [0.29, 0.717) is 18.8 Å². The van der Waals surface area contributed by atoms with Crippen molar-refractivity contribution in [2.24, 2.45) is 0 Å². The second-order valence-corrected chi connectivity index (χ2v) is 5.11. The van der Waals surface area contributed by atoms with E-state index in [-0.39, 0.29) is 23.5 Å². The lowest BCUT2D eigenvalue weighted by Gasteiger charge is -2.37. The second kappa shape index (κ2) is 6.09. The van der Waals surface area contributed by atoms with Crippen molar-refractivity contribution in [2.75, 3.05) is 25.1 Å². The van der Waals surface area contributed by atoms with Crippen LogP contribution in [-0.2, 0) is 9.47 Å². The van der Waals surface area contributed by atoms with Crippen molar-refractivity contribution >= 4 is 17.3 Å². The highest BCUT2D eigenvalue weighted by Crippen LogP contribution is 2.28. The molecular weight excluding hydrogens is 276 g/mol. The van der Waals surface area contributed by atoms with Gasteiger partial charge in [0.15, 0.2) is 0 Å². The van der Waals surface area contributed by atoms with Crippen molar-refractivity contribution in [2.45, 2.75) is 26.1 Å². The number of ether oxygens (including phenoxy) is 2. The summed E-state index contributed by atoms with van der Waals surface area (Å²) in [6, 6.07) is 4.24. The fraction of sp³-hybridized carbons (Fsp3) is 0.500. The second-order valence-electron chi connectivity index (χ2n) is 5.11. The maximum atomic E-state index is 11.9. The van der Waals surface area contributed by atoms with Crippen LogP contribution in [-0.4, -0.2) is 43.3 Å². The molecule has 0 bridgehead atoms. The number of carbonyl (C=O) groups is 1. The van der Waals surface area contributed by atoms with Crippen molar-refractivity contribution in [1.82, 2.24) is 0 Å². The molecule has 0 spiro atoms. The molecule has 21 heavy (non-hydrogen) atoms. The van der Waals surface area contributed by atoms with Crippen LogP contribution < -0.4 is 4.90 Å². The minimum absolute atomic E-state index is 0.0226. The monoisotopic (exact) mass is 294 g/mol. The highest BCUT2D eigenvalue weighted by Gasteiger charge is 2.27. The van der Waals surface area contributed by atoms with Crippen LogP contribution in [0.5, 0.6) is 0 Å². The molecule has 0 aliphatic carbocycles. The summed E-state index contributed by atoms with van der Waals surface area (Å²) in [6.45, 7) is 5.13. The van der Waals surface area contributed by atoms with Crippen LogP contribution in [0.25, 0.3) is 0 Å². The fourth-order valence-electron chi connectivity index (χ4n) is 2.56. The van der Waals surface area contributed by atoms with Gasteiger partial charge in [-0.25, -0.2) is 4.79 Å². The first-order chi connectivity index (χ1) is 9.92. The molecule has 1 fully saturated rings. The van der Waals surface area contributed by atoms with Crippen molar-refractivity contribution < 1.29 is 19.2 Å². The van der Waals surface area contributed by atoms with E-state index in [9.17, 15) is 14.9 Å². The summed E-state index contributed by atoms with van der Waals surface area (Å²) < 4.78 is 10.4. The van der Waals surface area contributed by atoms with Gasteiger partial charge >= 0.3 is 5.97 Å². The molecule has 1 heterocycles. The zero-order chi connectivity index (χ0) is 15.6. The minimum atomic E-state index is -0.583. The lowest BCUT2D eigenvalue weighted by Crippen LogP contribution is -2.46. The van der Waals surface area contributed by atoms with Gasteiger partial charge in [0.05, 0.1) is 35.5 Å². The molecule has 0 radical (unpaired) electrons. The summed E-state index contributed by atoms with van der Waals surface area (Å²) in [4.78, 5) is 24.3. The van der Waals surface area contributed by atoms with E-state index < -0.39 is 10.9 Å². The zero-order valence-electron chi connectivity index (χ0n) is 12.2. The number of nitro benzene ring substituents is 1. The first kappa shape index (κ1) is 15.2. The molecule has 0 aromatic heterocycles. The van der Waals surface area contributed by atoms with Crippen LogP contribution in [0, 0.1) is 10.1 Å². The van der Waals surface area contributed by atoms with E-state index in [4.69, 9.17) is 9.47 Å². The Morgan fingerprint density at radius 2 is 2.00 bits per heavy atom. The summed E-state index contributed by atoms with van der Waals surface area (Å²) in [5.41, 5.74) is 0.705. The maximum Gasteiger partial charge on any atom is 0.340 e. The number of benzene rings is 1. The molecule has 1 aromatic carbocycles. The lowest BCUT2D eigenvalue weighted by molar-refractivity contribution is -0.384. The van der Waals surface area contributed by atoms with Gasteiger partial charge in [-0.15, -0.1) is 0 Å². The van der Waals surface area contributed by atoms with Crippen LogP contribution in [0.1, 0.15) is 24.2 Å². The van der Waals surface area contributed by atoms with Gasteiger partial charge in [0.2, 0.25) is 0 Å². The molecule has 0 unspecified atom stereocenters. The Hall–Kier alpha value is -2.15. The number of nitro groups is 1. The van der Waals surface area contributed by atoms with Gasteiger partial charge in [-0.2, -0.15) is 0 Å². The minimum Gasteiger partial charge on any atom is -0.465 e. The first-order valence-corrected chi connectivity index (χ1v) is 6.69. The summed E-state index contributed by atoms with van der Waals surface area (Å²) >= 11 is 0. The smallest absolute Gasteiger partial charge is 0.340 e. The summed E-state index contributed by atoms with van der Waals surface area (Å²) in [7, 11) is 1.26. The number of carbonyl (C=O) groups excluding carboxylic acids is 1. The van der Waals surface area contributed by atoms with Crippen molar-refractivity contribution in [3.8, 4) is 0 Å². The number of non-ortho nitro benzene ring substituents is 1. The Kier molecular flexibility index (Phi) is 4.42. The first-order valence-electron chi connectivity index (χ1n) is 6.69. The summed E-state index contributed by atoms with van der Waals surface area (Å²) in [5, 5.41) is 10.9. The topological polar surface area (TPSA) is 81.9 Å². The number of hydrogen-bond acceptors (Lipinski definition) is 6. The Labute approximate surface area is 122 Å². The number of nitrogens with zero attached hydrogens (tertiary/aromatic N) is 2. The van der Waals surface area contributed by atoms with Crippen LogP contribution in [0.3, 0.4) is 0 Å². The molecule has 0 saturated carbocycles. The molecule has 7 heteroatoms. The highest BCUT2D eigenvalue weighted by atomic mass is 16.6. The molecule has 1 aromatic rings. The van der Waals surface area contributed by atoms with Crippen LogP contribution >= 0.6 is 0 Å². The third-order valence-electron chi connectivity index (χ3n) is 3.36. The Morgan fingerprint density at radius 3 is 2.52 bits per heavy atom. The molecule has 0 N–H and O–H groups in total. The molecule has 2 rings (SSSR count). The number of morpholine rings is 1. The predicted octanol–water partition coefficient (Wildman–Crippen LogP) is 2.00. The predicted molar refractivity (Wildman–Crippen MR) is 76.7 cm³/mol.